The van der Waals surface area contributed by atoms with Crippen LogP contribution in [0.5, 0.6) is 0 Å². The lowest BCUT2D eigenvalue weighted by Crippen LogP contribution is -2.36. The predicted octanol–water partition coefficient (Wildman–Crippen LogP) is 3.96. The molecule has 1 aromatic rings. The summed E-state index contributed by atoms with van der Waals surface area (Å²) in [6.07, 6.45) is 3.43. The first-order chi connectivity index (χ1) is 7.56. The first-order valence-corrected chi connectivity index (χ1v) is 6.21. The molecule has 0 aliphatic rings. The summed E-state index contributed by atoms with van der Waals surface area (Å²) in [6.45, 7) is 8.77. The molecule has 1 aromatic carbocycles. The van der Waals surface area contributed by atoms with Gasteiger partial charge in [0.05, 0.1) is 0 Å². The van der Waals surface area contributed by atoms with Gasteiger partial charge < -0.3 is 11.1 Å². The Labute approximate surface area is 99.2 Å². The van der Waals surface area contributed by atoms with Crippen molar-refractivity contribution < 1.29 is 0 Å². The molecule has 90 valence electrons. The van der Waals surface area contributed by atoms with Gasteiger partial charge in [-0.25, -0.2) is 0 Å². The molecular weight excluding hydrogens is 196 g/mol. The Kier molecular flexibility index (Phi) is 4.22. The van der Waals surface area contributed by atoms with Gasteiger partial charge in [-0.2, -0.15) is 0 Å². The number of aryl methyl sites for hydroxylation is 1. The fraction of sp³-hybridized carbons (Fsp3) is 0.571. The van der Waals surface area contributed by atoms with E-state index >= 15 is 0 Å². The van der Waals surface area contributed by atoms with Crippen molar-refractivity contribution in [3.05, 3.63) is 23.8 Å². The number of nitrogens with one attached hydrogen (secondary N) is 1. The van der Waals surface area contributed by atoms with Crippen molar-refractivity contribution in [2.24, 2.45) is 0 Å². The number of hydrogen-bond acceptors (Lipinski definition) is 2. The minimum Gasteiger partial charge on any atom is -0.399 e. The van der Waals surface area contributed by atoms with E-state index in [1.54, 1.807) is 0 Å². The highest BCUT2D eigenvalue weighted by molar-refractivity contribution is 5.57. The van der Waals surface area contributed by atoms with Crippen molar-refractivity contribution in [3.63, 3.8) is 0 Å². The van der Waals surface area contributed by atoms with Gasteiger partial charge in [-0.15, -0.1) is 0 Å². The van der Waals surface area contributed by atoms with Crippen LogP contribution in [-0.4, -0.2) is 5.54 Å². The van der Waals surface area contributed by atoms with Crippen LogP contribution in [0.1, 0.15) is 45.6 Å². The van der Waals surface area contributed by atoms with Crippen molar-refractivity contribution in [2.75, 3.05) is 11.1 Å². The molecule has 3 N–H and O–H groups in total. The lowest BCUT2D eigenvalue weighted by molar-refractivity contribution is 0.420. The molecule has 0 bridgehead atoms. The molecule has 0 unspecified atom stereocenters. The largest absolute Gasteiger partial charge is 0.399 e. The second-order valence-electron chi connectivity index (χ2n) is 4.54. The Bertz CT molecular complexity index is 332. The molecule has 0 radical (unpaired) electrons. The number of anilines is 2. The summed E-state index contributed by atoms with van der Waals surface area (Å²) in [4.78, 5) is 0. The molecule has 0 heterocycles. The normalized spacial score (nSPS) is 11.5. The highest BCUT2D eigenvalue weighted by atomic mass is 15.0. The predicted molar refractivity (Wildman–Crippen MR) is 72.8 cm³/mol. The van der Waals surface area contributed by atoms with Crippen LogP contribution in [-0.2, 0) is 0 Å². The van der Waals surface area contributed by atoms with Crippen molar-refractivity contribution in [2.45, 2.75) is 52.5 Å². The zero-order chi connectivity index (χ0) is 12.2. The van der Waals surface area contributed by atoms with Crippen molar-refractivity contribution >= 4 is 11.4 Å². The van der Waals surface area contributed by atoms with Crippen LogP contribution in [0, 0.1) is 6.92 Å². The van der Waals surface area contributed by atoms with Gasteiger partial charge in [0.25, 0.3) is 0 Å². The quantitative estimate of drug-likeness (QED) is 0.737. The smallest absolute Gasteiger partial charge is 0.0366 e. The van der Waals surface area contributed by atoms with E-state index in [4.69, 9.17) is 5.73 Å². The zero-order valence-corrected chi connectivity index (χ0v) is 10.9. The fourth-order valence-electron chi connectivity index (χ4n) is 2.07. The van der Waals surface area contributed by atoms with Crippen molar-refractivity contribution in [1.29, 1.82) is 0 Å². The van der Waals surface area contributed by atoms with Crippen LogP contribution in [0.2, 0.25) is 0 Å². The number of rotatable bonds is 5. The van der Waals surface area contributed by atoms with Gasteiger partial charge in [0.1, 0.15) is 0 Å². The van der Waals surface area contributed by atoms with Gasteiger partial charge in [-0.05, 0) is 49.9 Å². The Morgan fingerprint density at radius 3 is 2.12 bits per heavy atom. The molecule has 0 atom stereocenters. The summed E-state index contributed by atoms with van der Waals surface area (Å²) in [6, 6.07) is 6.17. The third-order valence-electron chi connectivity index (χ3n) is 3.71. The topological polar surface area (TPSA) is 38.0 Å². The molecular formula is C14H24N2. The Morgan fingerprint density at radius 1 is 1.12 bits per heavy atom. The Balaban J connectivity index is 2.89. The van der Waals surface area contributed by atoms with E-state index in [0.717, 1.165) is 30.5 Å². The number of hydrogen-bond donors (Lipinski definition) is 2. The first-order valence-electron chi connectivity index (χ1n) is 6.21. The summed E-state index contributed by atoms with van der Waals surface area (Å²) in [5, 5.41) is 3.65. The maximum absolute atomic E-state index is 5.82. The molecule has 0 aliphatic carbocycles. The lowest BCUT2D eigenvalue weighted by Gasteiger charge is -2.33. The van der Waals surface area contributed by atoms with Crippen LogP contribution in [0.3, 0.4) is 0 Å². The van der Waals surface area contributed by atoms with Gasteiger partial charge in [0.15, 0.2) is 0 Å². The van der Waals surface area contributed by atoms with E-state index < -0.39 is 0 Å². The lowest BCUT2D eigenvalue weighted by atomic mass is 9.89. The zero-order valence-electron chi connectivity index (χ0n) is 10.9. The number of nitrogen functional groups attached to an aromatic ring is 1. The third kappa shape index (κ3) is 2.69. The average molecular weight is 220 g/mol. The second-order valence-corrected chi connectivity index (χ2v) is 4.54. The second kappa shape index (κ2) is 5.24. The van der Waals surface area contributed by atoms with Gasteiger partial charge in [-0.3, -0.25) is 0 Å². The van der Waals surface area contributed by atoms with E-state index in [1.165, 1.54) is 5.69 Å². The summed E-state index contributed by atoms with van der Waals surface area (Å²) in [5.74, 6) is 0. The van der Waals surface area contributed by atoms with Crippen LogP contribution >= 0.6 is 0 Å². The summed E-state index contributed by atoms with van der Waals surface area (Å²) in [7, 11) is 0. The SMILES string of the molecule is CCC(CC)(CC)Nc1ccc(N)c(C)c1. The van der Waals surface area contributed by atoms with E-state index in [-0.39, 0.29) is 5.54 Å². The Hall–Kier alpha value is -1.18. The van der Waals surface area contributed by atoms with Crippen LogP contribution < -0.4 is 11.1 Å². The van der Waals surface area contributed by atoms with Crippen molar-refractivity contribution in [3.8, 4) is 0 Å². The molecule has 0 fully saturated rings. The van der Waals surface area contributed by atoms with Gasteiger partial charge in [-0.1, -0.05) is 20.8 Å². The van der Waals surface area contributed by atoms with Crippen molar-refractivity contribution in [1.82, 2.24) is 0 Å². The third-order valence-corrected chi connectivity index (χ3v) is 3.71. The monoisotopic (exact) mass is 220 g/mol. The van der Waals surface area contributed by atoms with Crippen LogP contribution in [0.15, 0.2) is 18.2 Å². The standard InChI is InChI=1S/C14H24N2/c1-5-14(6-2,7-3)16-12-8-9-13(15)11(4)10-12/h8-10,16H,5-7,15H2,1-4H3. The molecule has 0 saturated heterocycles. The highest BCUT2D eigenvalue weighted by Gasteiger charge is 2.23. The molecule has 0 saturated carbocycles. The van der Waals surface area contributed by atoms with Crippen LogP contribution in [0.4, 0.5) is 11.4 Å². The minimum absolute atomic E-state index is 0.225. The first kappa shape index (κ1) is 12.9. The van der Waals surface area contributed by atoms with Gasteiger partial charge in [0.2, 0.25) is 0 Å². The highest BCUT2D eigenvalue weighted by Crippen LogP contribution is 2.27. The van der Waals surface area contributed by atoms with Gasteiger partial charge in [0, 0.05) is 16.9 Å². The number of nitrogens with two attached hydrogens (primary N) is 1. The van der Waals surface area contributed by atoms with E-state index in [9.17, 15) is 0 Å². The maximum Gasteiger partial charge on any atom is 0.0366 e. The summed E-state index contributed by atoms with van der Waals surface area (Å²) in [5.41, 5.74) is 9.23. The minimum atomic E-state index is 0.225. The van der Waals surface area contributed by atoms with E-state index in [2.05, 4.69) is 38.2 Å². The van der Waals surface area contributed by atoms with E-state index in [1.807, 2.05) is 13.0 Å². The molecule has 0 aliphatic heterocycles. The van der Waals surface area contributed by atoms with Crippen LogP contribution in [0.25, 0.3) is 0 Å². The maximum atomic E-state index is 5.82. The van der Waals surface area contributed by atoms with E-state index in [0.29, 0.717) is 0 Å². The molecule has 0 aromatic heterocycles. The molecule has 2 nitrogen and oxygen atoms in total. The molecule has 2 heteroatoms. The summed E-state index contributed by atoms with van der Waals surface area (Å²) >= 11 is 0. The average Bonchev–Trinajstić information content (AvgIpc) is 2.31. The molecule has 16 heavy (non-hydrogen) atoms. The molecule has 0 amide bonds. The number of benzene rings is 1. The summed E-state index contributed by atoms with van der Waals surface area (Å²) < 4.78 is 0. The molecule has 1 rings (SSSR count). The Morgan fingerprint density at radius 2 is 1.69 bits per heavy atom. The fourth-order valence-corrected chi connectivity index (χ4v) is 2.07. The van der Waals surface area contributed by atoms with Gasteiger partial charge >= 0.3 is 0 Å². The molecule has 0 spiro atoms.